The van der Waals surface area contributed by atoms with Crippen molar-refractivity contribution in [1.29, 1.82) is 0 Å². The number of aryl methyl sites for hydroxylation is 2. The first-order chi connectivity index (χ1) is 14.1. The number of Topliss-reactive ketones (excluding diaryl/α,β-unsaturated/α-hetero) is 1. The van der Waals surface area contributed by atoms with Gasteiger partial charge in [-0.2, -0.15) is 0 Å². The number of carbonyl (C=O) groups is 1. The number of nitrogens with zero attached hydrogens (tertiary/aromatic N) is 4. The summed E-state index contributed by atoms with van der Waals surface area (Å²) in [5.74, 6) is 1.65. The first-order valence-corrected chi connectivity index (χ1v) is 9.52. The molecule has 0 saturated carbocycles. The Kier molecular flexibility index (Phi) is 4.08. The molecule has 0 radical (unpaired) electrons. The molecule has 1 aliphatic rings. The number of ketones is 1. The fraction of sp³-hybridized carbons (Fsp3) is 0.227. The van der Waals surface area contributed by atoms with Gasteiger partial charge in [-0.15, -0.1) is 0 Å². The van der Waals surface area contributed by atoms with E-state index >= 15 is 0 Å². The van der Waals surface area contributed by atoms with E-state index in [9.17, 15) is 4.79 Å². The number of carbonyl (C=O) groups excluding carboxylic acids is 1. The van der Waals surface area contributed by atoms with Crippen LogP contribution < -0.4 is 5.32 Å². The quantitative estimate of drug-likeness (QED) is 0.562. The Hall–Kier alpha value is -3.61. The molecule has 3 aromatic heterocycles. The van der Waals surface area contributed by atoms with Crippen molar-refractivity contribution in [3.8, 4) is 0 Å². The molecule has 1 N–H and O–H groups in total. The van der Waals surface area contributed by atoms with E-state index in [4.69, 9.17) is 4.42 Å². The topological polar surface area (TPSA) is 93.8 Å². The molecule has 144 valence electrons. The number of furan rings is 1. The summed E-state index contributed by atoms with van der Waals surface area (Å²) >= 11 is 0. The molecule has 0 aliphatic heterocycles. The molecule has 0 amide bonds. The summed E-state index contributed by atoms with van der Waals surface area (Å²) in [7, 11) is 0. The van der Waals surface area contributed by atoms with Gasteiger partial charge in [0.05, 0.1) is 28.7 Å². The van der Waals surface area contributed by atoms with Gasteiger partial charge in [0.15, 0.2) is 5.78 Å². The Morgan fingerprint density at radius 1 is 1.03 bits per heavy atom. The van der Waals surface area contributed by atoms with Gasteiger partial charge >= 0.3 is 0 Å². The highest BCUT2D eigenvalue weighted by Crippen LogP contribution is 2.32. The van der Waals surface area contributed by atoms with Crippen LogP contribution in [0.4, 0.5) is 11.9 Å². The summed E-state index contributed by atoms with van der Waals surface area (Å²) < 4.78 is 5.50. The minimum absolute atomic E-state index is 0.00503. The lowest BCUT2D eigenvalue weighted by molar-refractivity contribution is 0.0958. The monoisotopic (exact) mass is 385 g/mol. The summed E-state index contributed by atoms with van der Waals surface area (Å²) in [6.07, 6.45) is 4.25. The minimum atomic E-state index is -0.00503. The van der Waals surface area contributed by atoms with Crippen LogP contribution in [0.25, 0.3) is 10.9 Å². The van der Waals surface area contributed by atoms with E-state index in [1.165, 1.54) is 0 Å². The lowest BCUT2D eigenvalue weighted by Crippen LogP contribution is -2.21. The third kappa shape index (κ3) is 3.14. The number of anilines is 2. The van der Waals surface area contributed by atoms with Crippen molar-refractivity contribution in [2.24, 2.45) is 0 Å². The fourth-order valence-corrected chi connectivity index (χ4v) is 3.84. The van der Waals surface area contributed by atoms with Gasteiger partial charge in [-0.1, -0.05) is 18.2 Å². The summed E-state index contributed by atoms with van der Waals surface area (Å²) in [5.41, 5.74) is 4.15. The molecule has 0 fully saturated rings. The van der Waals surface area contributed by atoms with Gasteiger partial charge in [-0.3, -0.25) is 10.1 Å². The molecular formula is C22H19N5O2. The van der Waals surface area contributed by atoms with E-state index in [0.29, 0.717) is 36.0 Å². The highest BCUT2D eigenvalue weighted by Gasteiger charge is 2.29. The van der Waals surface area contributed by atoms with Crippen molar-refractivity contribution in [2.45, 2.75) is 32.6 Å². The maximum absolute atomic E-state index is 12.5. The molecule has 1 aliphatic carbocycles. The molecule has 0 spiro atoms. The first-order valence-electron chi connectivity index (χ1n) is 9.52. The number of hydrogen-bond acceptors (Lipinski definition) is 7. The van der Waals surface area contributed by atoms with E-state index in [1.807, 2.05) is 44.2 Å². The maximum Gasteiger partial charge on any atom is 0.230 e. The number of nitrogens with one attached hydrogen (secondary N) is 1. The second-order valence-electron chi connectivity index (χ2n) is 7.33. The Labute approximate surface area is 167 Å². The number of hydrogen-bond donors (Lipinski definition) is 1. The van der Waals surface area contributed by atoms with Gasteiger partial charge in [-0.25, -0.2) is 19.9 Å². The fourth-order valence-electron chi connectivity index (χ4n) is 3.84. The van der Waals surface area contributed by atoms with E-state index in [0.717, 1.165) is 27.9 Å². The van der Waals surface area contributed by atoms with Crippen LogP contribution in [0.3, 0.4) is 0 Å². The zero-order valence-corrected chi connectivity index (χ0v) is 16.1. The normalized spacial score (nSPS) is 16.1. The van der Waals surface area contributed by atoms with Crippen LogP contribution in [0, 0.1) is 13.8 Å². The predicted molar refractivity (Wildman–Crippen MR) is 108 cm³/mol. The summed E-state index contributed by atoms with van der Waals surface area (Å²) in [6, 6.07) is 9.77. The average molecular weight is 385 g/mol. The predicted octanol–water partition coefficient (Wildman–Crippen LogP) is 4.29. The van der Waals surface area contributed by atoms with E-state index < -0.39 is 0 Å². The third-order valence-electron chi connectivity index (χ3n) is 5.33. The van der Waals surface area contributed by atoms with Crippen LogP contribution in [-0.2, 0) is 6.42 Å². The van der Waals surface area contributed by atoms with Crippen LogP contribution in [0.1, 0.15) is 45.4 Å². The Balaban J connectivity index is 1.48. The molecule has 29 heavy (non-hydrogen) atoms. The van der Waals surface area contributed by atoms with Gasteiger partial charge < -0.3 is 4.42 Å². The number of para-hydroxylation sites is 1. The number of aromatic nitrogens is 4. The molecule has 0 unspecified atom stereocenters. The van der Waals surface area contributed by atoms with Gasteiger partial charge in [0.1, 0.15) is 5.76 Å². The Morgan fingerprint density at radius 3 is 2.76 bits per heavy atom. The van der Waals surface area contributed by atoms with Crippen LogP contribution in [0.5, 0.6) is 0 Å². The van der Waals surface area contributed by atoms with Gasteiger partial charge in [0.25, 0.3) is 0 Å². The first kappa shape index (κ1) is 17.5. The number of benzene rings is 1. The van der Waals surface area contributed by atoms with Crippen molar-refractivity contribution in [1.82, 2.24) is 19.9 Å². The number of rotatable bonds is 3. The zero-order chi connectivity index (χ0) is 20.0. The Bertz CT molecular complexity index is 1230. The van der Waals surface area contributed by atoms with Gasteiger partial charge in [0, 0.05) is 30.3 Å². The van der Waals surface area contributed by atoms with Crippen LogP contribution in [0.15, 0.2) is 47.2 Å². The van der Waals surface area contributed by atoms with Crippen LogP contribution in [-0.4, -0.2) is 25.7 Å². The molecule has 0 bridgehead atoms. The largest absolute Gasteiger partial charge is 0.469 e. The highest BCUT2D eigenvalue weighted by molar-refractivity contribution is 5.98. The van der Waals surface area contributed by atoms with Crippen molar-refractivity contribution < 1.29 is 9.21 Å². The summed E-state index contributed by atoms with van der Waals surface area (Å²) in [4.78, 5) is 30.6. The van der Waals surface area contributed by atoms with E-state index in [-0.39, 0.29) is 11.7 Å². The standard InChI is InChI=1S/C22H19N5O2/c1-12-5-3-6-15-13(2)24-22(26-20(12)15)27-21-23-11-16-17(25-21)9-14(10-18(16)28)19-7-4-8-29-19/h3-8,11,14H,9-10H2,1-2H3,(H,23,24,25,26,27)/t14-/m0/s1. The summed E-state index contributed by atoms with van der Waals surface area (Å²) in [5, 5.41) is 4.12. The SMILES string of the molecule is Cc1nc(Nc2ncc3c(n2)C[C@H](c2ccco2)CC3=O)nc2c(C)cccc12. The molecule has 7 heteroatoms. The van der Waals surface area contributed by atoms with Crippen molar-refractivity contribution >= 4 is 28.6 Å². The molecule has 0 saturated heterocycles. The second-order valence-corrected chi connectivity index (χ2v) is 7.33. The van der Waals surface area contributed by atoms with Gasteiger partial charge in [-0.05, 0) is 31.5 Å². The number of fused-ring (bicyclic) bond motifs is 2. The molecule has 7 nitrogen and oxygen atoms in total. The van der Waals surface area contributed by atoms with Crippen LogP contribution in [0.2, 0.25) is 0 Å². The zero-order valence-electron chi connectivity index (χ0n) is 16.1. The molecule has 1 aromatic carbocycles. The van der Waals surface area contributed by atoms with E-state index in [1.54, 1.807) is 12.5 Å². The molecule has 3 heterocycles. The van der Waals surface area contributed by atoms with Crippen LogP contribution >= 0.6 is 0 Å². The third-order valence-corrected chi connectivity index (χ3v) is 5.33. The maximum atomic E-state index is 12.5. The Morgan fingerprint density at radius 2 is 1.93 bits per heavy atom. The highest BCUT2D eigenvalue weighted by atomic mass is 16.3. The van der Waals surface area contributed by atoms with Crippen molar-refractivity contribution in [2.75, 3.05) is 5.32 Å². The van der Waals surface area contributed by atoms with Crippen molar-refractivity contribution in [3.05, 3.63) is 71.1 Å². The lowest BCUT2D eigenvalue weighted by Gasteiger charge is -2.21. The molecule has 1 atom stereocenters. The van der Waals surface area contributed by atoms with Gasteiger partial charge in [0.2, 0.25) is 11.9 Å². The minimum Gasteiger partial charge on any atom is -0.469 e. The molecule has 5 rings (SSSR count). The average Bonchev–Trinajstić information content (AvgIpc) is 3.23. The second kappa shape index (κ2) is 6.77. The molecular weight excluding hydrogens is 366 g/mol. The molecule has 4 aromatic rings. The lowest BCUT2D eigenvalue weighted by atomic mass is 9.85. The van der Waals surface area contributed by atoms with E-state index in [2.05, 4.69) is 25.3 Å². The van der Waals surface area contributed by atoms with Crippen molar-refractivity contribution in [3.63, 3.8) is 0 Å². The summed E-state index contributed by atoms with van der Waals surface area (Å²) in [6.45, 7) is 3.98. The smallest absolute Gasteiger partial charge is 0.230 e.